The summed E-state index contributed by atoms with van der Waals surface area (Å²) in [6.07, 6.45) is 0. The minimum atomic E-state index is -0.266. The molecule has 4 nitrogen and oxygen atoms in total. The van der Waals surface area contributed by atoms with Gasteiger partial charge in [0.05, 0.1) is 0 Å². The lowest BCUT2D eigenvalue weighted by Gasteiger charge is -2.20. The number of benzene rings is 2. The third kappa shape index (κ3) is 5.13. The Bertz CT molecular complexity index is 643. The summed E-state index contributed by atoms with van der Waals surface area (Å²) in [5.41, 5.74) is 1.60. The Morgan fingerprint density at radius 3 is 2.27 bits per heavy atom. The van der Waals surface area contributed by atoms with Crippen molar-refractivity contribution in [3.63, 3.8) is 0 Å². The van der Waals surface area contributed by atoms with Crippen molar-refractivity contribution in [2.75, 3.05) is 5.32 Å². The molecule has 0 aromatic heterocycles. The second kappa shape index (κ2) is 6.52. The van der Waals surface area contributed by atoms with Gasteiger partial charge in [0.1, 0.15) is 11.5 Å². The third-order valence-corrected chi connectivity index (χ3v) is 2.83. The number of nitrogens with one attached hydrogen (secondary N) is 2. The number of carbonyl (C=O) groups is 1. The predicted molar refractivity (Wildman–Crippen MR) is 89.6 cm³/mol. The molecule has 0 heterocycles. The van der Waals surface area contributed by atoms with Gasteiger partial charge >= 0.3 is 6.03 Å². The van der Waals surface area contributed by atoms with Crippen LogP contribution in [0.4, 0.5) is 10.5 Å². The van der Waals surface area contributed by atoms with Crippen molar-refractivity contribution >= 4 is 11.7 Å². The molecule has 2 aromatic rings. The van der Waals surface area contributed by atoms with Crippen LogP contribution in [-0.4, -0.2) is 11.6 Å². The normalized spacial score (nSPS) is 10.9. The Balaban J connectivity index is 1.97. The van der Waals surface area contributed by atoms with Crippen molar-refractivity contribution in [3.05, 3.63) is 54.1 Å². The van der Waals surface area contributed by atoms with E-state index < -0.39 is 0 Å². The number of ether oxygens (including phenoxy) is 1. The van der Waals surface area contributed by atoms with Gasteiger partial charge in [0.25, 0.3) is 0 Å². The average Bonchev–Trinajstić information content (AvgIpc) is 2.39. The van der Waals surface area contributed by atoms with E-state index in [9.17, 15) is 4.79 Å². The largest absolute Gasteiger partial charge is 0.457 e. The molecule has 2 aromatic carbocycles. The van der Waals surface area contributed by atoms with Crippen LogP contribution in [-0.2, 0) is 0 Å². The molecule has 0 radical (unpaired) electrons. The molecule has 0 atom stereocenters. The summed E-state index contributed by atoms with van der Waals surface area (Å²) in [5, 5.41) is 5.64. The highest BCUT2D eigenvalue weighted by molar-refractivity contribution is 5.89. The molecule has 0 aliphatic heterocycles. The summed E-state index contributed by atoms with van der Waals surface area (Å²) in [7, 11) is 0. The van der Waals surface area contributed by atoms with E-state index in [1.807, 2.05) is 76.2 Å². The summed E-state index contributed by atoms with van der Waals surface area (Å²) >= 11 is 0. The molecule has 22 heavy (non-hydrogen) atoms. The van der Waals surface area contributed by atoms with Crippen LogP contribution >= 0.6 is 0 Å². The highest BCUT2D eigenvalue weighted by Crippen LogP contribution is 2.23. The lowest BCUT2D eigenvalue weighted by molar-refractivity contribution is 0.244. The van der Waals surface area contributed by atoms with Crippen LogP contribution in [0, 0.1) is 6.92 Å². The van der Waals surface area contributed by atoms with Gasteiger partial charge in [0.15, 0.2) is 0 Å². The van der Waals surface area contributed by atoms with Crippen LogP contribution in [0.25, 0.3) is 0 Å². The molecule has 0 fully saturated rings. The monoisotopic (exact) mass is 298 g/mol. The number of amides is 2. The standard InChI is InChI=1S/C18H22N2O2/c1-13-6-5-7-16(12-13)22-15-10-8-14(9-11-15)19-17(21)20-18(2,3)4/h5-12H,1-4H3,(H2,19,20,21). The van der Waals surface area contributed by atoms with Gasteiger partial charge in [-0.2, -0.15) is 0 Å². The second-order valence-corrected chi connectivity index (χ2v) is 6.27. The molecule has 0 bridgehead atoms. The molecule has 0 saturated heterocycles. The predicted octanol–water partition coefficient (Wildman–Crippen LogP) is 4.71. The first-order chi connectivity index (χ1) is 10.3. The van der Waals surface area contributed by atoms with Crippen LogP contribution in [0.15, 0.2) is 48.5 Å². The van der Waals surface area contributed by atoms with E-state index in [4.69, 9.17) is 4.74 Å². The van der Waals surface area contributed by atoms with E-state index in [1.54, 1.807) is 0 Å². The molecule has 0 saturated carbocycles. The number of aryl methyl sites for hydroxylation is 1. The minimum Gasteiger partial charge on any atom is -0.457 e. The zero-order valence-corrected chi connectivity index (χ0v) is 13.4. The van der Waals surface area contributed by atoms with Gasteiger partial charge in [-0.15, -0.1) is 0 Å². The maximum absolute atomic E-state index is 11.8. The highest BCUT2D eigenvalue weighted by Gasteiger charge is 2.13. The van der Waals surface area contributed by atoms with E-state index in [0.717, 1.165) is 22.7 Å². The van der Waals surface area contributed by atoms with Crippen LogP contribution in [0.2, 0.25) is 0 Å². The molecule has 0 unspecified atom stereocenters. The van der Waals surface area contributed by atoms with E-state index in [1.165, 1.54) is 0 Å². The maximum atomic E-state index is 11.8. The van der Waals surface area contributed by atoms with E-state index in [-0.39, 0.29) is 11.6 Å². The Morgan fingerprint density at radius 1 is 1.00 bits per heavy atom. The summed E-state index contributed by atoms with van der Waals surface area (Å²) in [6.45, 7) is 7.83. The molecule has 2 rings (SSSR count). The first kappa shape index (κ1) is 15.9. The molecular formula is C18H22N2O2. The zero-order valence-electron chi connectivity index (χ0n) is 13.4. The smallest absolute Gasteiger partial charge is 0.319 e. The Labute approximate surface area is 131 Å². The quantitative estimate of drug-likeness (QED) is 0.862. The maximum Gasteiger partial charge on any atom is 0.319 e. The summed E-state index contributed by atoms with van der Waals surface area (Å²) < 4.78 is 5.77. The number of carbonyl (C=O) groups excluding carboxylic acids is 1. The van der Waals surface area contributed by atoms with Crippen molar-refractivity contribution in [3.8, 4) is 11.5 Å². The topological polar surface area (TPSA) is 50.4 Å². The van der Waals surface area contributed by atoms with Crippen molar-refractivity contribution in [1.29, 1.82) is 0 Å². The number of rotatable bonds is 3. The summed E-state index contributed by atoms with van der Waals surface area (Å²) in [5.74, 6) is 1.53. The average molecular weight is 298 g/mol. The fourth-order valence-electron chi connectivity index (χ4n) is 1.92. The van der Waals surface area contributed by atoms with Gasteiger partial charge in [0, 0.05) is 11.2 Å². The number of hydrogen-bond donors (Lipinski definition) is 2. The minimum absolute atomic E-state index is 0.222. The van der Waals surface area contributed by atoms with Gasteiger partial charge in [-0.25, -0.2) is 4.79 Å². The van der Waals surface area contributed by atoms with Crippen molar-refractivity contribution in [2.24, 2.45) is 0 Å². The van der Waals surface area contributed by atoms with Crippen molar-refractivity contribution < 1.29 is 9.53 Å². The molecule has 0 aliphatic carbocycles. The van der Waals surface area contributed by atoms with Gasteiger partial charge in [-0.3, -0.25) is 0 Å². The lowest BCUT2D eigenvalue weighted by atomic mass is 10.1. The van der Waals surface area contributed by atoms with Crippen LogP contribution in [0.3, 0.4) is 0 Å². The zero-order chi connectivity index (χ0) is 16.2. The number of anilines is 1. The lowest BCUT2D eigenvalue weighted by Crippen LogP contribution is -2.43. The first-order valence-electron chi connectivity index (χ1n) is 7.26. The Hall–Kier alpha value is -2.49. The summed E-state index contributed by atoms with van der Waals surface area (Å²) in [4.78, 5) is 11.8. The van der Waals surface area contributed by atoms with E-state index in [2.05, 4.69) is 10.6 Å². The van der Waals surface area contributed by atoms with Crippen LogP contribution in [0.1, 0.15) is 26.3 Å². The van der Waals surface area contributed by atoms with Gasteiger partial charge < -0.3 is 15.4 Å². The number of urea groups is 1. The molecule has 116 valence electrons. The molecule has 4 heteroatoms. The second-order valence-electron chi connectivity index (χ2n) is 6.27. The fourth-order valence-corrected chi connectivity index (χ4v) is 1.92. The Morgan fingerprint density at radius 2 is 1.68 bits per heavy atom. The molecule has 2 N–H and O–H groups in total. The SMILES string of the molecule is Cc1cccc(Oc2ccc(NC(=O)NC(C)(C)C)cc2)c1. The fraction of sp³-hybridized carbons (Fsp3) is 0.278. The summed E-state index contributed by atoms with van der Waals surface area (Å²) in [6, 6.07) is 14.9. The van der Waals surface area contributed by atoms with Gasteiger partial charge in [-0.1, -0.05) is 12.1 Å². The molecule has 0 spiro atoms. The van der Waals surface area contributed by atoms with E-state index >= 15 is 0 Å². The third-order valence-electron chi connectivity index (χ3n) is 2.83. The van der Waals surface area contributed by atoms with Crippen molar-refractivity contribution in [2.45, 2.75) is 33.2 Å². The number of hydrogen-bond acceptors (Lipinski definition) is 2. The van der Waals surface area contributed by atoms with E-state index in [0.29, 0.717) is 0 Å². The first-order valence-corrected chi connectivity index (χ1v) is 7.26. The Kier molecular flexibility index (Phi) is 4.71. The van der Waals surface area contributed by atoms with Gasteiger partial charge in [0.2, 0.25) is 0 Å². The molecule has 2 amide bonds. The molecule has 0 aliphatic rings. The van der Waals surface area contributed by atoms with Crippen LogP contribution < -0.4 is 15.4 Å². The van der Waals surface area contributed by atoms with Crippen LogP contribution in [0.5, 0.6) is 11.5 Å². The highest BCUT2D eigenvalue weighted by atomic mass is 16.5. The van der Waals surface area contributed by atoms with Gasteiger partial charge in [-0.05, 0) is 69.7 Å². The van der Waals surface area contributed by atoms with Crippen molar-refractivity contribution in [1.82, 2.24) is 5.32 Å². The molecular weight excluding hydrogens is 276 g/mol.